The van der Waals surface area contributed by atoms with Crippen LogP contribution in [0.3, 0.4) is 0 Å². The minimum Gasteiger partial charge on any atom is -0.269 e. The lowest BCUT2D eigenvalue weighted by Gasteiger charge is -2.09. The second kappa shape index (κ2) is 3.99. The summed E-state index contributed by atoms with van der Waals surface area (Å²) >= 11 is 0. The van der Waals surface area contributed by atoms with Crippen LogP contribution < -0.4 is 21.7 Å². The molecule has 10 nitrogen and oxygen atoms in total. The van der Waals surface area contributed by atoms with E-state index < -0.39 is 22.4 Å². The molecule has 0 aliphatic heterocycles. The Bertz CT molecular complexity index is 307. The largest absolute Gasteiger partial charge is 0.361 e. The molecule has 0 aromatic carbocycles. The number of nitrogens with two attached hydrogens (primary N) is 2. The van der Waals surface area contributed by atoms with Crippen molar-refractivity contribution in [3.63, 3.8) is 0 Å². The summed E-state index contributed by atoms with van der Waals surface area (Å²) in [5, 5.41) is 1.40. The number of amides is 4. The first-order chi connectivity index (χ1) is 5.72. The normalized spacial score (nSPS) is 10.4. The molecule has 11 heteroatoms. The second-order valence-corrected chi connectivity index (χ2v) is 2.90. The third-order valence-corrected chi connectivity index (χ3v) is 1.12. The lowest BCUT2D eigenvalue weighted by atomic mass is 10.9. The quantitative estimate of drug-likeness (QED) is 0.136. The zero-order chi connectivity index (χ0) is 10.6. The monoisotopic (exact) mass is 213 g/mol. The highest BCUT2D eigenvalue weighted by atomic mass is 32.2. The van der Waals surface area contributed by atoms with Gasteiger partial charge >= 0.3 is 22.4 Å². The molecule has 0 heterocycles. The number of hydrogen-bond donors (Lipinski definition) is 5. The van der Waals surface area contributed by atoms with Crippen LogP contribution in [0.2, 0.25) is 0 Å². The summed E-state index contributed by atoms with van der Waals surface area (Å²) in [6.07, 6.45) is 0. The molecule has 0 bridgehead atoms. The molecule has 13 heavy (non-hydrogen) atoms. The predicted molar refractivity (Wildman–Crippen MR) is 38.8 cm³/mol. The molecule has 0 unspecified atom stereocenters. The van der Waals surface area contributed by atoms with Crippen LogP contribution in [0.1, 0.15) is 0 Å². The van der Waals surface area contributed by atoms with Gasteiger partial charge in [-0.3, -0.25) is 9.87 Å². The molecule has 0 aliphatic carbocycles. The van der Waals surface area contributed by atoms with Crippen LogP contribution in [0.25, 0.3) is 0 Å². The fourth-order valence-corrected chi connectivity index (χ4v) is 0.590. The number of urea groups is 2. The molecule has 0 saturated heterocycles. The van der Waals surface area contributed by atoms with Gasteiger partial charge in [-0.15, -0.1) is 0 Å². The summed E-state index contributed by atoms with van der Waals surface area (Å²) < 4.78 is 29.1. The van der Waals surface area contributed by atoms with Crippen LogP contribution in [0.4, 0.5) is 9.59 Å². The van der Waals surface area contributed by atoms with E-state index in [9.17, 15) is 18.0 Å². The van der Waals surface area contributed by atoms with E-state index in [4.69, 9.17) is 4.55 Å². The smallest absolute Gasteiger partial charge is 0.269 e. The van der Waals surface area contributed by atoms with Crippen molar-refractivity contribution in [1.29, 1.82) is 0 Å². The van der Waals surface area contributed by atoms with Gasteiger partial charge < -0.3 is 0 Å². The maximum atomic E-state index is 10.5. The summed E-state index contributed by atoms with van der Waals surface area (Å²) in [6.45, 7) is 0. The zero-order valence-corrected chi connectivity index (χ0v) is 6.91. The van der Waals surface area contributed by atoms with Crippen LogP contribution >= 0.6 is 0 Å². The molecule has 0 saturated carbocycles. The molecule has 0 atom stereocenters. The number of carbonyl (C=O) groups is 2. The van der Waals surface area contributed by atoms with Crippen LogP contribution in [0.5, 0.6) is 0 Å². The van der Waals surface area contributed by atoms with Gasteiger partial charge in [0.15, 0.2) is 0 Å². The van der Waals surface area contributed by atoms with E-state index in [2.05, 4.69) is 11.7 Å². The van der Waals surface area contributed by atoms with Crippen molar-refractivity contribution >= 4 is 22.4 Å². The molecule has 76 valence electrons. The van der Waals surface area contributed by atoms with Crippen molar-refractivity contribution in [3.8, 4) is 0 Å². The summed E-state index contributed by atoms with van der Waals surface area (Å²) in [5.41, 5.74) is 0. The number of carbonyl (C=O) groups excluding carboxylic acids is 2. The molecule has 0 aliphatic rings. The standard InChI is InChI=1S/C2H7N5O5S/c3-7(4)2(9)5-1(8)6-13(10,11)12/h3-4H2,(H,10,11,12)(H2,5,6,8,9). The molecule has 0 rings (SSSR count). The molecule has 0 aromatic heterocycles. The Morgan fingerprint density at radius 2 is 1.77 bits per heavy atom. The molecule has 0 spiro atoms. The highest BCUT2D eigenvalue weighted by Gasteiger charge is 2.14. The van der Waals surface area contributed by atoms with Crippen LogP contribution in [-0.4, -0.2) is 30.2 Å². The number of hydrogen-bond acceptors (Lipinski definition) is 6. The highest BCUT2D eigenvalue weighted by molar-refractivity contribution is 7.84. The van der Waals surface area contributed by atoms with Crippen LogP contribution in [-0.2, 0) is 10.3 Å². The molecule has 0 radical (unpaired) electrons. The first kappa shape index (κ1) is 11.6. The van der Waals surface area contributed by atoms with E-state index in [1.54, 1.807) is 0 Å². The Balaban J connectivity index is 4.12. The number of nitrogens with zero attached hydrogens (tertiary/aromatic N) is 1. The van der Waals surface area contributed by atoms with Gasteiger partial charge in [0, 0.05) is 0 Å². The van der Waals surface area contributed by atoms with Crippen molar-refractivity contribution in [1.82, 2.24) is 15.2 Å². The van der Waals surface area contributed by atoms with Crippen molar-refractivity contribution in [2.24, 2.45) is 11.7 Å². The summed E-state index contributed by atoms with van der Waals surface area (Å²) in [4.78, 5) is 20.9. The van der Waals surface area contributed by atoms with E-state index in [0.29, 0.717) is 0 Å². The fraction of sp³-hybridized carbons (Fsp3) is 0. The lowest BCUT2D eigenvalue weighted by molar-refractivity contribution is 0.197. The lowest BCUT2D eigenvalue weighted by Crippen LogP contribution is -2.53. The van der Waals surface area contributed by atoms with Crippen LogP contribution in [0.15, 0.2) is 0 Å². The summed E-state index contributed by atoms with van der Waals surface area (Å²) in [6, 6.07) is -2.73. The average molecular weight is 213 g/mol. The van der Waals surface area contributed by atoms with Crippen molar-refractivity contribution in [2.75, 3.05) is 0 Å². The van der Waals surface area contributed by atoms with Gasteiger partial charge in [0.25, 0.3) is 0 Å². The SMILES string of the molecule is NN(N)C(=O)NC(=O)NS(=O)(=O)O. The number of hydrazine groups is 2. The molecule has 4 amide bonds. The van der Waals surface area contributed by atoms with Gasteiger partial charge in [-0.25, -0.2) is 26.0 Å². The molecule has 0 fully saturated rings. The minimum absolute atomic E-state index is 0.0174. The van der Waals surface area contributed by atoms with E-state index >= 15 is 0 Å². The fourth-order valence-electron chi connectivity index (χ4n) is 0.304. The first-order valence-corrected chi connectivity index (χ1v) is 4.06. The van der Waals surface area contributed by atoms with E-state index in [-0.39, 0.29) is 5.12 Å². The molecular formula is C2H7N5O5S. The second-order valence-electron chi connectivity index (χ2n) is 1.74. The Labute approximate surface area is 72.7 Å². The predicted octanol–water partition coefficient (Wildman–Crippen LogP) is -2.74. The third kappa shape index (κ3) is 5.80. The van der Waals surface area contributed by atoms with Crippen molar-refractivity contribution in [3.05, 3.63) is 0 Å². The van der Waals surface area contributed by atoms with E-state index in [1.807, 2.05) is 0 Å². The number of rotatable bonds is 1. The average Bonchev–Trinajstić information content (AvgIpc) is 1.81. The van der Waals surface area contributed by atoms with Gasteiger partial charge in [0.1, 0.15) is 0 Å². The van der Waals surface area contributed by atoms with Gasteiger partial charge in [-0.05, 0) is 0 Å². The van der Waals surface area contributed by atoms with Crippen molar-refractivity contribution in [2.45, 2.75) is 0 Å². The molecule has 7 N–H and O–H groups in total. The van der Waals surface area contributed by atoms with Gasteiger partial charge in [-0.2, -0.15) is 13.5 Å². The Hall–Kier alpha value is -1.43. The minimum atomic E-state index is -4.71. The molecular weight excluding hydrogens is 206 g/mol. The summed E-state index contributed by atoms with van der Waals surface area (Å²) in [5.74, 6) is 9.31. The highest BCUT2D eigenvalue weighted by Crippen LogP contribution is 1.75. The zero-order valence-electron chi connectivity index (χ0n) is 6.09. The number of imide groups is 1. The van der Waals surface area contributed by atoms with E-state index in [1.165, 1.54) is 5.32 Å². The Morgan fingerprint density at radius 1 is 1.31 bits per heavy atom. The maximum Gasteiger partial charge on any atom is 0.361 e. The van der Waals surface area contributed by atoms with Crippen molar-refractivity contribution < 1.29 is 22.6 Å². The topological polar surface area (TPSA) is 168 Å². The van der Waals surface area contributed by atoms with E-state index in [0.717, 1.165) is 4.72 Å². The Morgan fingerprint density at radius 3 is 2.08 bits per heavy atom. The van der Waals surface area contributed by atoms with Gasteiger partial charge in [0.05, 0.1) is 0 Å². The Kier molecular flexibility index (Phi) is 3.55. The third-order valence-electron chi connectivity index (χ3n) is 0.677. The molecule has 0 aromatic rings. The first-order valence-electron chi connectivity index (χ1n) is 2.62. The van der Waals surface area contributed by atoms with Crippen LogP contribution in [0, 0.1) is 0 Å². The number of nitrogens with one attached hydrogen (secondary N) is 2. The summed E-state index contributed by atoms with van der Waals surface area (Å²) in [7, 11) is -4.71. The maximum absolute atomic E-state index is 10.5. The van der Waals surface area contributed by atoms with Gasteiger partial charge in [0.2, 0.25) is 0 Å². The van der Waals surface area contributed by atoms with Gasteiger partial charge in [-0.1, -0.05) is 0 Å².